The van der Waals surface area contributed by atoms with Crippen LogP contribution >= 0.6 is 0 Å². The van der Waals surface area contributed by atoms with Gasteiger partial charge in [0, 0.05) is 27.4 Å². The maximum Gasteiger partial charge on any atom is 0.0700 e. The van der Waals surface area contributed by atoms with Gasteiger partial charge in [-0.25, -0.2) is 0 Å². The molecule has 0 bridgehead atoms. The van der Waals surface area contributed by atoms with Gasteiger partial charge in [0.25, 0.3) is 0 Å². The molecule has 0 N–H and O–H groups in total. The van der Waals surface area contributed by atoms with Gasteiger partial charge in [-0.05, 0) is 12.8 Å². The van der Waals surface area contributed by atoms with E-state index in [1.54, 1.807) is 14.2 Å². The molecule has 0 rings (SSSR count). The average molecular weight is 248 g/mol. The molecular weight excluding hydrogens is 220 g/mol. The lowest BCUT2D eigenvalue weighted by molar-refractivity contribution is 0.0662. The van der Waals surface area contributed by atoms with Crippen molar-refractivity contribution in [1.29, 1.82) is 0 Å². The van der Waals surface area contributed by atoms with Crippen molar-refractivity contribution in [3.8, 4) is 0 Å². The quantitative estimate of drug-likeness (QED) is 0.442. The fourth-order valence-electron chi connectivity index (χ4n) is 1.43. The number of unbranched alkanes of at least 4 members (excludes halogenated alkanes) is 4. The minimum atomic E-state index is 0.693. The topological polar surface area (TPSA) is 36.9 Å². The molecular formula is C13H28O4. The van der Waals surface area contributed by atoms with Crippen molar-refractivity contribution < 1.29 is 18.9 Å². The third-order valence-corrected chi connectivity index (χ3v) is 2.44. The molecule has 104 valence electrons. The van der Waals surface area contributed by atoms with Gasteiger partial charge in [0.1, 0.15) is 0 Å². The van der Waals surface area contributed by atoms with Crippen LogP contribution < -0.4 is 0 Å². The van der Waals surface area contributed by atoms with E-state index in [-0.39, 0.29) is 0 Å². The van der Waals surface area contributed by atoms with Crippen LogP contribution in [0.5, 0.6) is 0 Å². The SMILES string of the molecule is COCCOCCCCCCCOCCOC. The van der Waals surface area contributed by atoms with Crippen LogP contribution in [0.3, 0.4) is 0 Å². The molecule has 4 heteroatoms. The monoisotopic (exact) mass is 248 g/mol. The molecule has 0 aromatic carbocycles. The van der Waals surface area contributed by atoms with E-state index >= 15 is 0 Å². The number of methoxy groups -OCH3 is 2. The van der Waals surface area contributed by atoms with Gasteiger partial charge in [0.05, 0.1) is 26.4 Å². The van der Waals surface area contributed by atoms with Gasteiger partial charge in [-0.1, -0.05) is 19.3 Å². The highest BCUT2D eigenvalue weighted by Crippen LogP contribution is 2.03. The Morgan fingerprint density at radius 2 is 0.882 bits per heavy atom. The van der Waals surface area contributed by atoms with Crippen LogP contribution in [0.4, 0.5) is 0 Å². The minimum absolute atomic E-state index is 0.693. The summed E-state index contributed by atoms with van der Waals surface area (Å²) >= 11 is 0. The largest absolute Gasteiger partial charge is 0.382 e. The molecule has 0 aliphatic heterocycles. The Morgan fingerprint density at radius 3 is 1.29 bits per heavy atom. The second-order valence-electron chi connectivity index (χ2n) is 3.98. The Kier molecular flexibility index (Phi) is 15.7. The van der Waals surface area contributed by atoms with E-state index < -0.39 is 0 Å². The zero-order chi connectivity index (χ0) is 12.6. The number of rotatable bonds is 14. The van der Waals surface area contributed by atoms with Crippen LogP contribution in [0.25, 0.3) is 0 Å². The summed E-state index contributed by atoms with van der Waals surface area (Å²) in [7, 11) is 3.39. The van der Waals surface area contributed by atoms with Crippen LogP contribution in [0.1, 0.15) is 32.1 Å². The molecule has 0 aromatic heterocycles. The lowest BCUT2D eigenvalue weighted by Crippen LogP contribution is -2.03. The standard InChI is InChI=1S/C13H28O4/c1-14-10-12-16-8-6-4-3-5-7-9-17-13-11-15-2/h3-13H2,1-2H3. The van der Waals surface area contributed by atoms with Gasteiger partial charge in [0.15, 0.2) is 0 Å². The summed E-state index contributed by atoms with van der Waals surface area (Å²) < 4.78 is 20.6. The first-order valence-electron chi connectivity index (χ1n) is 6.55. The van der Waals surface area contributed by atoms with E-state index in [1.807, 2.05) is 0 Å². The summed E-state index contributed by atoms with van der Waals surface area (Å²) in [5, 5.41) is 0. The molecule has 0 spiro atoms. The van der Waals surface area contributed by atoms with Gasteiger partial charge in [-0.15, -0.1) is 0 Å². The molecule has 0 saturated carbocycles. The van der Waals surface area contributed by atoms with Crippen molar-refractivity contribution in [2.75, 3.05) is 53.9 Å². The van der Waals surface area contributed by atoms with Gasteiger partial charge in [-0.2, -0.15) is 0 Å². The minimum Gasteiger partial charge on any atom is -0.382 e. The number of hydrogen-bond acceptors (Lipinski definition) is 4. The first kappa shape index (κ1) is 16.8. The van der Waals surface area contributed by atoms with Crippen LogP contribution in [0.15, 0.2) is 0 Å². The summed E-state index contributed by atoms with van der Waals surface area (Å²) in [4.78, 5) is 0. The first-order valence-corrected chi connectivity index (χ1v) is 6.55. The summed E-state index contributed by atoms with van der Waals surface area (Å²) in [6, 6.07) is 0. The molecule has 0 aliphatic carbocycles. The molecule has 0 fully saturated rings. The van der Waals surface area contributed by atoms with E-state index in [4.69, 9.17) is 18.9 Å². The number of ether oxygens (including phenoxy) is 4. The van der Waals surface area contributed by atoms with Gasteiger partial charge in [-0.3, -0.25) is 0 Å². The Hall–Kier alpha value is -0.160. The predicted molar refractivity (Wildman–Crippen MR) is 68.5 cm³/mol. The highest BCUT2D eigenvalue weighted by molar-refractivity contribution is 4.44. The van der Waals surface area contributed by atoms with Crippen LogP contribution in [-0.4, -0.2) is 53.9 Å². The van der Waals surface area contributed by atoms with Gasteiger partial charge in [0.2, 0.25) is 0 Å². The Balaban J connectivity index is 2.85. The van der Waals surface area contributed by atoms with Crippen molar-refractivity contribution >= 4 is 0 Å². The second kappa shape index (κ2) is 15.8. The molecule has 17 heavy (non-hydrogen) atoms. The Morgan fingerprint density at radius 1 is 0.471 bits per heavy atom. The van der Waals surface area contributed by atoms with E-state index in [0.29, 0.717) is 26.4 Å². The number of hydrogen-bond donors (Lipinski definition) is 0. The maximum atomic E-state index is 5.38. The van der Waals surface area contributed by atoms with E-state index in [0.717, 1.165) is 26.1 Å². The molecule has 0 aromatic rings. The van der Waals surface area contributed by atoms with Gasteiger partial charge >= 0.3 is 0 Å². The maximum absolute atomic E-state index is 5.38. The molecule has 0 radical (unpaired) electrons. The predicted octanol–water partition coefficient (Wildman–Crippen LogP) is 2.26. The molecule has 0 heterocycles. The summed E-state index contributed by atoms with van der Waals surface area (Å²) in [5.41, 5.74) is 0. The second-order valence-corrected chi connectivity index (χ2v) is 3.98. The van der Waals surface area contributed by atoms with E-state index in [2.05, 4.69) is 0 Å². The Bertz CT molecular complexity index is 117. The lowest BCUT2D eigenvalue weighted by Gasteiger charge is -2.04. The van der Waals surface area contributed by atoms with Crippen molar-refractivity contribution in [1.82, 2.24) is 0 Å². The lowest BCUT2D eigenvalue weighted by atomic mass is 10.1. The first-order chi connectivity index (χ1) is 8.41. The van der Waals surface area contributed by atoms with Crippen molar-refractivity contribution in [3.63, 3.8) is 0 Å². The van der Waals surface area contributed by atoms with Crippen LogP contribution in [-0.2, 0) is 18.9 Å². The summed E-state index contributed by atoms with van der Waals surface area (Å²) in [6.07, 6.45) is 6.04. The van der Waals surface area contributed by atoms with E-state index in [9.17, 15) is 0 Å². The van der Waals surface area contributed by atoms with Gasteiger partial charge < -0.3 is 18.9 Å². The van der Waals surface area contributed by atoms with Crippen molar-refractivity contribution in [2.45, 2.75) is 32.1 Å². The average Bonchev–Trinajstić information content (AvgIpc) is 2.35. The van der Waals surface area contributed by atoms with Crippen LogP contribution in [0.2, 0.25) is 0 Å². The van der Waals surface area contributed by atoms with Crippen LogP contribution in [0, 0.1) is 0 Å². The summed E-state index contributed by atoms with van der Waals surface area (Å²) in [5.74, 6) is 0. The fourth-order valence-corrected chi connectivity index (χ4v) is 1.43. The molecule has 0 saturated heterocycles. The van der Waals surface area contributed by atoms with Crippen molar-refractivity contribution in [2.24, 2.45) is 0 Å². The highest BCUT2D eigenvalue weighted by atomic mass is 16.5. The molecule has 0 unspecified atom stereocenters. The molecule has 0 atom stereocenters. The normalized spacial score (nSPS) is 10.9. The molecule has 0 amide bonds. The third-order valence-electron chi connectivity index (χ3n) is 2.44. The molecule has 0 aliphatic rings. The third kappa shape index (κ3) is 15.8. The fraction of sp³-hybridized carbons (Fsp3) is 1.00. The smallest absolute Gasteiger partial charge is 0.0700 e. The van der Waals surface area contributed by atoms with Crippen molar-refractivity contribution in [3.05, 3.63) is 0 Å². The van der Waals surface area contributed by atoms with E-state index in [1.165, 1.54) is 19.3 Å². The molecule has 4 nitrogen and oxygen atoms in total. The zero-order valence-corrected chi connectivity index (χ0v) is 11.4. The summed E-state index contributed by atoms with van der Waals surface area (Å²) in [6.45, 7) is 4.52. The Labute approximate surface area is 106 Å². The zero-order valence-electron chi connectivity index (χ0n) is 11.4. The highest BCUT2D eigenvalue weighted by Gasteiger charge is 1.92.